The van der Waals surface area contributed by atoms with E-state index in [1.807, 2.05) is 18.2 Å². The first kappa shape index (κ1) is 12.7. The molecule has 0 fully saturated rings. The number of hydrogen-bond acceptors (Lipinski definition) is 3. The number of fused-ring (bicyclic) bond motifs is 1. The first-order chi connectivity index (χ1) is 8.63. The lowest BCUT2D eigenvalue weighted by Crippen LogP contribution is -2.28. The van der Waals surface area contributed by atoms with Gasteiger partial charge < -0.3 is 15.6 Å². The van der Waals surface area contributed by atoms with Gasteiger partial charge in [0.1, 0.15) is 0 Å². The number of nitrogens with two attached hydrogens (primary N) is 1. The Labute approximate surface area is 108 Å². The average Bonchev–Trinajstić information content (AvgIpc) is 2.78. The van der Waals surface area contributed by atoms with Crippen LogP contribution < -0.4 is 10.6 Å². The van der Waals surface area contributed by atoms with E-state index in [-0.39, 0.29) is 0 Å². The van der Waals surface area contributed by atoms with Crippen molar-refractivity contribution in [1.82, 2.24) is 9.97 Å². The van der Waals surface area contributed by atoms with Crippen molar-refractivity contribution < 1.29 is 0 Å². The van der Waals surface area contributed by atoms with E-state index < -0.39 is 0 Å². The van der Waals surface area contributed by atoms with Gasteiger partial charge in [-0.25, -0.2) is 4.98 Å². The number of nitrogens with one attached hydrogen (secondary N) is 1. The summed E-state index contributed by atoms with van der Waals surface area (Å²) < 4.78 is 0. The Morgan fingerprint density at radius 2 is 2.17 bits per heavy atom. The average molecular weight is 246 g/mol. The lowest BCUT2D eigenvalue weighted by Gasteiger charge is -2.23. The standard InChI is InChI=1S/C14H22N4/c1-4-10(3)9-18(5-2)14-16-12-7-6-11(15)8-13(12)17-14/h6-8,10H,4-5,9,15H2,1-3H3,(H,16,17). The minimum absolute atomic E-state index is 0.670. The fourth-order valence-electron chi connectivity index (χ4n) is 2.03. The van der Waals surface area contributed by atoms with Crippen LogP contribution in [0.3, 0.4) is 0 Å². The van der Waals surface area contributed by atoms with Crippen molar-refractivity contribution in [3.8, 4) is 0 Å². The van der Waals surface area contributed by atoms with Crippen LogP contribution in [0.4, 0.5) is 11.6 Å². The van der Waals surface area contributed by atoms with Crippen LogP contribution in [0.15, 0.2) is 18.2 Å². The molecule has 1 aromatic carbocycles. The van der Waals surface area contributed by atoms with Crippen molar-refractivity contribution in [3.63, 3.8) is 0 Å². The molecule has 0 aliphatic carbocycles. The number of aromatic amines is 1. The second-order valence-corrected chi connectivity index (χ2v) is 4.89. The zero-order valence-electron chi connectivity index (χ0n) is 11.4. The van der Waals surface area contributed by atoms with Crippen molar-refractivity contribution in [2.75, 3.05) is 23.7 Å². The molecule has 3 N–H and O–H groups in total. The van der Waals surface area contributed by atoms with E-state index in [1.165, 1.54) is 6.42 Å². The molecule has 1 aromatic heterocycles. The quantitative estimate of drug-likeness (QED) is 0.797. The van der Waals surface area contributed by atoms with E-state index in [1.54, 1.807) is 0 Å². The Morgan fingerprint density at radius 1 is 1.39 bits per heavy atom. The summed E-state index contributed by atoms with van der Waals surface area (Å²) >= 11 is 0. The van der Waals surface area contributed by atoms with Crippen molar-refractivity contribution in [2.24, 2.45) is 5.92 Å². The SMILES string of the molecule is CCC(C)CN(CC)c1nc2ccc(N)cc2[nH]1. The first-order valence-corrected chi connectivity index (χ1v) is 6.64. The number of anilines is 2. The van der Waals surface area contributed by atoms with Gasteiger partial charge in [-0.3, -0.25) is 0 Å². The molecule has 1 unspecified atom stereocenters. The predicted molar refractivity (Wildman–Crippen MR) is 77.8 cm³/mol. The Morgan fingerprint density at radius 3 is 2.83 bits per heavy atom. The topological polar surface area (TPSA) is 57.9 Å². The fourth-order valence-corrected chi connectivity index (χ4v) is 2.03. The molecule has 0 aliphatic heterocycles. The van der Waals surface area contributed by atoms with Gasteiger partial charge in [0, 0.05) is 18.8 Å². The van der Waals surface area contributed by atoms with Crippen LogP contribution in [-0.2, 0) is 0 Å². The third-order valence-corrected chi connectivity index (χ3v) is 3.40. The summed E-state index contributed by atoms with van der Waals surface area (Å²) in [7, 11) is 0. The minimum atomic E-state index is 0.670. The highest BCUT2D eigenvalue weighted by Gasteiger charge is 2.12. The Bertz CT molecular complexity index is 517. The molecule has 4 nitrogen and oxygen atoms in total. The molecule has 0 saturated heterocycles. The Kier molecular flexibility index (Phi) is 3.75. The normalized spacial score (nSPS) is 12.8. The number of H-pyrrole nitrogens is 1. The summed E-state index contributed by atoms with van der Waals surface area (Å²) in [5.41, 5.74) is 8.53. The third kappa shape index (κ3) is 2.58. The summed E-state index contributed by atoms with van der Waals surface area (Å²) in [5, 5.41) is 0. The van der Waals surface area contributed by atoms with Crippen molar-refractivity contribution in [3.05, 3.63) is 18.2 Å². The van der Waals surface area contributed by atoms with Crippen LogP contribution in [0.25, 0.3) is 11.0 Å². The van der Waals surface area contributed by atoms with Gasteiger partial charge >= 0.3 is 0 Å². The third-order valence-electron chi connectivity index (χ3n) is 3.40. The molecular formula is C14H22N4. The molecule has 2 aromatic rings. The first-order valence-electron chi connectivity index (χ1n) is 6.64. The van der Waals surface area contributed by atoms with Crippen LogP contribution in [0, 0.1) is 5.92 Å². The van der Waals surface area contributed by atoms with Crippen molar-refractivity contribution in [1.29, 1.82) is 0 Å². The molecule has 0 radical (unpaired) electrons. The fraction of sp³-hybridized carbons (Fsp3) is 0.500. The van der Waals surface area contributed by atoms with E-state index in [2.05, 4.69) is 35.6 Å². The molecule has 0 spiro atoms. The van der Waals surface area contributed by atoms with Gasteiger partial charge in [0.2, 0.25) is 5.95 Å². The van der Waals surface area contributed by atoms with E-state index >= 15 is 0 Å². The maximum Gasteiger partial charge on any atom is 0.203 e. The molecular weight excluding hydrogens is 224 g/mol. The van der Waals surface area contributed by atoms with Gasteiger partial charge in [-0.05, 0) is 31.0 Å². The molecule has 0 aliphatic rings. The van der Waals surface area contributed by atoms with Gasteiger partial charge in [-0.15, -0.1) is 0 Å². The summed E-state index contributed by atoms with van der Waals surface area (Å²) in [4.78, 5) is 10.3. The van der Waals surface area contributed by atoms with Gasteiger partial charge in [0.15, 0.2) is 0 Å². The zero-order valence-corrected chi connectivity index (χ0v) is 11.4. The number of nitrogens with zero attached hydrogens (tertiary/aromatic N) is 2. The molecule has 0 amide bonds. The molecule has 0 saturated carbocycles. The van der Waals surface area contributed by atoms with Crippen LogP contribution in [-0.4, -0.2) is 23.1 Å². The number of hydrogen-bond donors (Lipinski definition) is 2. The molecule has 98 valence electrons. The summed E-state index contributed by atoms with van der Waals surface area (Å²) in [6, 6.07) is 5.78. The smallest absolute Gasteiger partial charge is 0.203 e. The highest BCUT2D eigenvalue weighted by molar-refractivity contribution is 5.80. The number of nitrogen functional groups attached to an aromatic ring is 1. The van der Waals surface area contributed by atoms with E-state index in [4.69, 9.17) is 5.73 Å². The molecule has 4 heteroatoms. The molecule has 1 heterocycles. The zero-order chi connectivity index (χ0) is 13.1. The highest BCUT2D eigenvalue weighted by atomic mass is 15.3. The largest absolute Gasteiger partial charge is 0.399 e. The van der Waals surface area contributed by atoms with E-state index in [0.29, 0.717) is 5.92 Å². The minimum Gasteiger partial charge on any atom is -0.399 e. The van der Waals surface area contributed by atoms with Crippen LogP contribution in [0.2, 0.25) is 0 Å². The van der Waals surface area contributed by atoms with Gasteiger partial charge in [-0.1, -0.05) is 20.3 Å². The van der Waals surface area contributed by atoms with Crippen molar-refractivity contribution >= 4 is 22.7 Å². The number of imidazole rings is 1. The second-order valence-electron chi connectivity index (χ2n) is 4.89. The van der Waals surface area contributed by atoms with Crippen LogP contribution in [0.5, 0.6) is 0 Å². The number of benzene rings is 1. The number of aromatic nitrogens is 2. The molecule has 2 rings (SSSR count). The summed E-state index contributed by atoms with van der Waals surface area (Å²) in [5.74, 6) is 1.61. The lowest BCUT2D eigenvalue weighted by molar-refractivity contribution is 0.543. The van der Waals surface area contributed by atoms with Gasteiger partial charge in [-0.2, -0.15) is 0 Å². The molecule has 1 atom stereocenters. The lowest BCUT2D eigenvalue weighted by atomic mass is 10.1. The Balaban J connectivity index is 2.28. The van der Waals surface area contributed by atoms with Crippen LogP contribution in [0.1, 0.15) is 27.2 Å². The van der Waals surface area contributed by atoms with Crippen molar-refractivity contribution in [2.45, 2.75) is 27.2 Å². The highest BCUT2D eigenvalue weighted by Crippen LogP contribution is 2.20. The van der Waals surface area contributed by atoms with Gasteiger partial charge in [0.25, 0.3) is 0 Å². The molecule has 0 bridgehead atoms. The Hall–Kier alpha value is -1.71. The monoisotopic (exact) mass is 246 g/mol. The van der Waals surface area contributed by atoms with E-state index in [0.717, 1.165) is 35.8 Å². The van der Waals surface area contributed by atoms with E-state index in [9.17, 15) is 0 Å². The van der Waals surface area contributed by atoms with Crippen LogP contribution >= 0.6 is 0 Å². The number of rotatable bonds is 5. The second kappa shape index (κ2) is 5.29. The summed E-state index contributed by atoms with van der Waals surface area (Å²) in [6.45, 7) is 8.63. The maximum absolute atomic E-state index is 5.78. The predicted octanol–water partition coefficient (Wildman–Crippen LogP) is 3.02. The molecule has 18 heavy (non-hydrogen) atoms. The summed E-state index contributed by atoms with van der Waals surface area (Å²) in [6.07, 6.45) is 1.18. The van der Waals surface area contributed by atoms with Gasteiger partial charge in [0.05, 0.1) is 11.0 Å². The maximum atomic E-state index is 5.78.